The second kappa shape index (κ2) is 5.57. The summed E-state index contributed by atoms with van der Waals surface area (Å²) in [6, 6.07) is 6.29. The van der Waals surface area contributed by atoms with E-state index >= 15 is 0 Å². The van der Waals surface area contributed by atoms with Crippen LogP contribution in [0.3, 0.4) is 0 Å². The fourth-order valence-corrected chi connectivity index (χ4v) is 2.58. The summed E-state index contributed by atoms with van der Waals surface area (Å²) in [6.45, 7) is 1.59. The second-order valence-corrected chi connectivity index (χ2v) is 5.62. The number of benzene rings is 1. The highest BCUT2D eigenvalue weighted by Crippen LogP contribution is 2.35. The van der Waals surface area contributed by atoms with E-state index in [-0.39, 0.29) is 0 Å². The zero-order valence-corrected chi connectivity index (χ0v) is 11.5. The zero-order chi connectivity index (χ0) is 12.4. The molecule has 1 unspecified atom stereocenters. The Morgan fingerprint density at radius 1 is 1.35 bits per heavy atom. The van der Waals surface area contributed by atoms with E-state index in [1.165, 1.54) is 18.4 Å². The van der Waals surface area contributed by atoms with E-state index in [2.05, 4.69) is 11.9 Å². The maximum atomic E-state index is 6.01. The molecule has 0 aromatic heterocycles. The minimum Gasteiger partial charge on any atom is -0.329 e. The molecule has 2 N–H and O–H groups in total. The van der Waals surface area contributed by atoms with Gasteiger partial charge in [0.05, 0.1) is 10.0 Å². The molecule has 4 heteroatoms. The highest BCUT2D eigenvalue weighted by Gasteiger charge is 2.32. The molecule has 0 aliphatic heterocycles. The van der Waals surface area contributed by atoms with Crippen LogP contribution in [0.15, 0.2) is 18.2 Å². The van der Waals surface area contributed by atoms with Crippen LogP contribution in [0.4, 0.5) is 0 Å². The van der Waals surface area contributed by atoms with E-state index in [4.69, 9.17) is 28.9 Å². The lowest BCUT2D eigenvalue weighted by Crippen LogP contribution is -2.39. The molecule has 0 amide bonds. The van der Waals surface area contributed by atoms with Crippen molar-refractivity contribution in [3.63, 3.8) is 0 Å². The molecular weight excluding hydrogens is 255 g/mol. The molecule has 1 aliphatic rings. The Morgan fingerprint density at radius 3 is 2.59 bits per heavy atom. The quantitative estimate of drug-likeness (QED) is 0.892. The molecular formula is C13H18Cl2N2. The molecule has 2 nitrogen and oxygen atoms in total. The normalized spacial score (nSPS) is 17.5. The predicted octanol–water partition coefficient (Wildman–Crippen LogP) is 3.16. The van der Waals surface area contributed by atoms with Crippen LogP contribution in [0, 0.1) is 5.92 Å². The Balaban J connectivity index is 2.01. The topological polar surface area (TPSA) is 29.3 Å². The maximum Gasteiger partial charge on any atom is 0.0595 e. The van der Waals surface area contributed by atoms with E-state index in [0.29, 0.717) is 16.1 Å². The summed E-state index contributed by atoms with van der Waals surface area (Å²) in [6.07, 6.45) is 2.63. The van der Waals surface area contributed by atoms with Gasteiger partial charge in [-0.3, -0.25) is 4.90 Å². The van der Waals surface area contributed by atoms with Gasteiger partial charge in [0.2, 0.25) is 0 Å². The number of halogens is 2. The van der Waals surface area contributed by atoms with Crippen molar-refractivity contribution >= 4 is 23.2 Å². The van der Waals surface area contributed by atoms with E-state index in [9.17, 15) is 0 Å². The van der Waals surface area contributed by atoms with Gasteiger partial charge in [0, 0.05) is 19.1 Å². The molecule has 2 rings (SSSR count). The molecule has 1 aromatic rings. The summed E-state index contributed by atoms with van der Waals surface area (Å²) >= 11 is 11.9. The van der Waals surface area contributed by atoms with Gasteiger partial charge in [0.1, 0.15) is 0 Å². The number of nitrogens with two attached hydrogens (primary N) is 1. The van der Waals surface area contributed by atoms with E-state index < -0.39 is 0 Å². The number of hydrogen-bond donors (Lipinski definition) is 1. The Labute approximate surface area is 113 Å². The van der Waals surface area contributed by atoms with Gasteiger partial charge in [-0.25, -0.2) is 0 Å². The van der Waals surface area contributed by atoms with Gasteiger partial charge in [-0.2, -0.15) is 0 Å². The fraction of sp³-hybridized carbons (Fsp3) is 0.538. The first-order valence-corrected chi connectivity index (χ1v) is 6.71. The molecule has 0 bridgehead atoms. The highest BCUT2D eigenvalue weighted by atomic mass is 35.5. The van der Waals surface area contributed by atoms with Gasteiger partial charge in [-0.15, -0.1) is 0 Å². The molecule has 0 saturated heterocycles. The average Bonchev–Trinajstić information content (AvgIpc) is 3.09. The number of hydrogen-bond acceptors (Lipinski definition) is 2. The summed E-state index contributed by atoms with van der Waals surface area (Å²) in [4.78, 5) is 2.32. The lowest BCUT2D eigenvalue weighted by Gasteiger charge is -2.27. The molecule has 1 fully saturated rings. The minimum absolute atomic E-state index is 0.490. The van der Waals surface area contributed by atoms with Crippen molar-refractivity contribution in [1.82, 2.24) is 4.90 Å². The van der Waals surface area contributed by atoms with Gasteiger partial charge in [-0.1, -0.05) is 29.3 Å². The molecule has 0 spiro atoms. The van der Waals surface area contributed by atoms with Crippen molar-refractivity contribution in [3.8, 4) is 0 Å². The van der Waals surface area contributed by atoms with Crippen molar-refractivity contribution in [2.45, 2.75) is 25.4 Å². The summed E-state index contributed by atoms with van der Waals surface area (Å²) in [7, 11) is 2.12. The summed E-state index contributed by atoms with van der Waals surface area (Å²) in [5.41, 5.74) is 7.01. The first-order valence-electron chi connectivity index (χ1n) is 5.96. The van der Waals surface area contributed by atoms with E-state index in [0.717, 1.165) is 19.0 Å². The first-order chi connectivity index (χ1) is 8.11. The summed E-state index contributed by atoms with van der Waals surface area (Å²) in [5.74, 6) is 0.785. The Hall–Kier alpha value is -0.280. The third-order valence-electron chi connectivity index (χ3n) is 3.39. The van der Waals surface area contributed by atoms with Crippen molar-refractivity contribution in [1.29, 1.82) is 0 Å². The molecule has 1 aliphatic carbocycles. The van der Waals surface area contributed by atoms with Crippen LogP contribution in [0.5, 0.6) is 0 Å². The lowest BCUT2D eigenvalue weighted by atomic mass is 10.1. The lowest BCUT2D eigenvalue weighted by molar-refractivity contribution is 0.215. The minimum atomic E-state index is 0.490. The monoisotopic (exact) mass is 272 g/mol. The largest absolute Gasteiger partial charge is 0.329 e. The molecule has 1 saturated carbocycles. The number of likely N-dealkylation sites (N-methyl/N-ethyl adjacent to an activating group) is 1. The summed E-state index contributed by atoms with van der Waals surface area (Å²) in [5, 5.41) is 1.23. The average molecular weight is 273 g/mol. The van der Waals surface area contributed by atoms with Crippen LogP contribution in [0.25, 0.3) is 0 Å². The van der Waals surface area contributed by atoms with Crippen LogP contribution in [-0.4, -0.2) is 24.5 Å². The highest BCUT2D eigenvalue weighted by molar-refractivity contribution is 6.42. The molecule has 1 atom stereocenters. The SMILES string of the molecule is CN(Cc1ccc(Cl)c(Cl)c1)C(CN)C1CC1. The second-order valence-electron chi connectivity index (χ2n) is 4.80. The van der Waals surface area contributed by atoms with E-state index in [1.54, 1.807) is 0 Å². The van der Waals surface area contributed by atoms with Crippen molar-refractivity contribution in [2.75, 3.05) is 13.6 Å². The summed E-state index contributed by atoms with van der Waals surface area (Å²) < 4.78 is 0. The van der Waals surface area contributed by atoms with Gasteiger partial charge in [0.25, 0.3) is 0 Å². The van der Waals surface area contributed by atoms with Crippen molar-refractivity contribution < 1.29 is 0 Å². The standard InChI is InChI=1S/C13H18Cl2N2/c1-17(13(7-16)10-3-4-10)8-9-2-5-11(14)12(15)6-9/h2,5-6,10,13H,3-4,7-8,16H2,1H3. The molecule has 0 radical (unpaired) electrons. The smallest absolute Gasteiger partial charge is 0.0595 e. The fourth-order valence-electron chi connectivity index (χ4n) is 2.26. The maximum absolute atomic E-state index is 6.01. The number of rotatable bonds is 5. The number of nitrogens with zero attached hydrogens (tertiary/aromatic N) is 1. The van der Waals surface area contributed by atoms with Gasteiger partial charge in [-0.05, 0) is 43.5 Å². The van der Waals surface area contributed by atoms with E-state index in [1.807, 2.05) is 18.2 Å². The van der Waals surface area contributed by atoms with Crippen LogP contribution in [-0.2, 0) is 6.54 Å². The Kier molecular flexibility index (Phi) is 4.31. The molecule has 94 valence electrons. The van der Waals surface area contributed by atoms with Crippen LogP contribution < -0.4 is 5.73 Å². The van der Waals surface area contributed by atoms with Gasteiger partial charge >= 0.3 is 0 Å². The third-order valence-corrected chi connectivity index (χ3v) is 4.13. The van der Waals surface area contributed by atoms with Crippen LogP contribution >= 0.6 is 23.2 Å². The first kappa shape index (κ1) is 13.2. The van der Waals surface area contributed by atoms with Crippen molar-refractivity contribution in [3.05, 3.63) is 33.8 Å². The van der Waals surface area contributed by atoms with Crippen LogP contribution in [0.1, 0.15) is 18.4 Å². The molecule has 17 heavy (non-hydrogen) atoms. The van der Waals surface area contributed by atoms with Crippen LogP contribution in [0.2, 0.25) is 10.0 Å². The molecule has 1 aromatic carbocycles. The molecule has 0 heterocycles. The van der Waals surface area contributed by atoms with Gasteiger partial charge < -0.3 is 5.73 Å². The third kappa shape index (κ3) is 3.35. The Bertz CT molecular complexity index is 391. The predicted molar refractivity (Wildman–Crippen MR) is 73.5 cm³/mol. The van der Waals surface area contributed by atoms with Crippen molar-refractivity contribution in [2.24, 2.45) is 11.7 Å². The Morgan fingerprint density at radius 2 is 2.06 bits per heavy atom. The zero-order valence-electron chi connectivity index (χ0n) is 10.00. The van der Waals surface area contributed by atoms with Gasteiger partial charge in [0.15, 0.2) is 0 Å².